The van der Waals surface area contributed by atoms with Crippen molar-refractivity contribution >= 4 is 45.0 Å². The second kappa shape index (κ2) is 9.93. The average molecular weight is 440 g/mol. The van der Waals surface area contributed by atoms with Crippen molar-refractivity contribution in [3.63, 3.8) is 0 Å². The molecule has 0 bridgehead atoms. The molecule has 0 atom stereocenters. The molecular weight excluding hydrogens is 422 g/mol. The predicted molar refractivity (Wildman–Crippen MR) is 102 cm³/mol. The van der Waals surface area contributed by atoms with Crippen molar-refractivity contribution in [2.24, 2.45) is 0 Å². The van der Waals surface area contributed by atoms with Crippen LogP contribution in [0.4, 0.5) is 0 Å². The molecule has 0 spiro atoms. The standard InChI is InChI=1S/C17H18BrN3O4S/c18-14-6-5-13(26-14)17(25)21-10-15(23)19-7-2-8-20-16(24)11-3-1-4-12(22)9-11/h1,3-6,9,22H,2,7-8,10H2,(H,19,23)(H,20,24)(H,21,25). The van der Waals surface area contributed by atoms with Crippen molar-refractivity contribution in [1.82, 2.24) is 16.0 Å². The monoisotopic (exact) mass is 439 g/mol. The number of rotatable bonds is 8. The van der Waals surface area contributed by atoms with E-state index in [2.05, 4.69) is 31.9 Å². The Bertz CT molecular complexity index is 794. The minimum Gasteiger partial charge on any atom is -0.508 e. The van der Waals surface area contributed by atoms with E-state index in [0.29, 0.717) is 30.0 Å². The van der Waals surface area contributed by atoms with Gasteiger partial charge in [0.1, 0.15) is 5.75 Å². The largest absolute Gasteiger partial charge is 0.508 e. The molecule has 0 unspecified atom stereocenters. The van der Waals surface area contributed by atoms with Crippen LogP contribution in [0.5, 0.6) is 5.75 Å². The van der Waals surface area contributed by atoms with E-state index in [1.807, 2.05) is 0 Å². The molecule has 7 nitrogen and oxygen atoms in total. The third-order valence-corrected chi connectivity index (χ3v) is 4.90. The second-order valence-electron chi connectivity index (χ2n) is 5.30. The van der Waals surface area contributed by atoms with Crippen LogP contribution in [0.15, 0.2) is 40.2 Å². The number of nitrogens with one attached hydrogen (secondary N) is 3. The molecule has 4 N–H and O–H groups in total. The normalized spacial score (nSPS) is 10.2. The van der Waals surface area contributed by atoms with Gasteiger partial charge in [-0.2, -0.15) is 0 Å². The molecule has 0 aliphatic rings. The summed E-state index contributed by atoms with van der Waals surface area (Å²) in [4.78, 5) is 35.9. The van der Waals surface area contributed by atoms with Crippen molar-refractivity contribution in [3.05, 3.63) is 50.6 Å². The first-order valence-corrected chi connectivity index (χ1v) is 9.44. The lowest BCUT2D eigenvalue weighted by atomic mass is 10.2. The van der Waals surface area contributed by atoms with Gasteiger partial charge in [0, 0.05) is 18.7 Å². The number of carbonyl (C=O) groups excluding carboxylic acids is 3. The third kappa shape index (κ3) is 6.49. The van der Waals surface area contributed by atoms with Crippen LogP contribution in [0.2, 0.25) is 0 Å². The number of benzene rings is 1. The van der Waals surface area contributed by atoms with Crippen LogP contribution in [0.3, 0.4) is 0 Å². The number of hydrogen-bond acceptors (Lipinski definition) is 5. The molecule has 1 aromatic heterocycles. The Morgan fingerprint density at radius 1 is 1.00 bits per heavy atom. The first-order chi connectivity index (χ1) is 12.5. The fourth-order valence-corrected chi connectivity index (χ4v) is 3.32. The van der Waals surface area contributed by atoms with Gasteiger partial charge in [0.15, 0.2) is 0 Å². The van der Waals surface area contributed by atoms with E-state index in [9.17, 15) is 19.5 Å². The molecule has 0 radical (unpaired) electrons. The van der Waals surface area contributed by atoms with Gasteiger partial charge in [0.25, 0.3) is 11.8 Å². The van der Waals surface area contributed by atoms with Crippen LogP contribution in [0, 0.1) is 0 Å². The summed E-state index contributed by atoms with van der Waals surface area (Å²) in [5, 5.41) is 17.2. The van der Waals surface area contributed by atoms with Crippen molar-refractivity contribution in [2.45, 2.75) is 6.42 Å². The highest BCUT2D eigenvalue weighted by atomic mass is 79.9. The maximum atomic E-state index is 11.8. The Hall–Kier alpha value is -2.39. The maximum absolute atomic E-state index is 11.8. The Morgan fingerprint density at radius 3 is 2.46 bits per heavy atom. The molecule has 0 aliphatic carbocycles. The third-order valence-electron chi connectivity index (χ3n) is 3.28. The number of carbonyl (C=O) groups is 3. The Balaban J connectivity index is 1.58. The van der Waals surface area contributed by atoms with E-state index in [1.54, 1.807) is 24.3 Å². The summed E-state index contributed by atoms with van der Waals surface area (Å²) in [6.07, 6.45) is 0.544. The molecule has 2 aromatic rings. The lowest BCUT2D eigenvalue weighted by molar-refractivity contribution is -0.120. The Morgan fingerprint density at radius 2 is 1.77 bits per heavy atom. The summed E-state index contributed by atoms with van der Waals surface area (Å²) in [6, 6.07) is 9.51. The molecule has 0 fully saturated rings. The maximum Gasteiger partial charge on any atom is 0.261 e. The van der Waals surface area contributed by atoms with E-state index in [1.165, 1.54) is 23.5 Å². The quantitative estimate of drug-likeness (QED) is 0.470. The second-order valence-corrected chi connectivity index (χ2v) is 7.76. The Kier molecular flexibility index (Phi) is 7.61. The van der Waals surface area contributed by atoms with Crippen molar-refractivity contribution in [3.8, 4) is 5.75 Å². The number of hydrogen-bond donors (Lipinski definition) is 4. The molecule has 26 heavy (non-hydrogen) atoms. The Labute approximate surface area is 162 Å². The first-order valence-electron chi connectivity index (χ1n) is 7.83. The fraction of sp³-hybridized carbons (Fsp3) is 0.235. The van der Waals surface area contributed by atoms with Crippen LogP contribution < -0.4 is 16.0 Å². The van der Waals surface area contributed by atoms with Crippen LogP contribution in [-0.2, 0) is 4.79 Å². The van der Waals surface area contributed by atoms with Crippen LogP contribution in [0.25, 0.3) is 0 Å². The summed E-state index contributed by atoms with van der Waals surface area (Å²) in [7, 11) is 0. The SMILES string of the molecule is O=C(CNC(=O)c1ccc(Br)s1)NCCCNC(=O)c1cccc(O)c1. The molecule has 0 saturated carbocycles. The van der Waals surface area contributed by atoms with Gasteiger partial charge in [-0.3, -0.25) is 14.4 Å². The van der Waals surface area contributed by atoms with Crippen LogP contribution in [-0.4, -0.2) is 42.5 Å². The van der Waals surface area contributed by atoms with E-state index >= 15 is 0 Å². The highest BCUT2D eigenvalue weighted by Gasteiger charge is 2.10. The zero-order chi connectivity index (χ0) is 18.9. The van der Waals surface area contributed by atoms with Gasteiger partial charge in [0.05, 0.1) is 15.2 Å². The lowest BCUT2D eigenvalue weighted by Gasteiger charge is -2.08. The molecular formula is C17H18BrN3O4S. The molecule has 138 valence electrons. The van der Waals surface area contributed by atoms with Crippen molar-refractivity contribution in [1.29, 1.82) is 0 Å². The lowest BCUT2D eigenvalue weighted by Crippen LogP contribution is -2.37. The molecule has 0 saturated heterocycles. The molecule has 1 heterocycles. The molecule has 2 rings (SSSR count). The topological polar surface area (TPSA) is 108 Å². The summed E-state index contributed by atoms with van der Waals surface area (Å²) < 4.78 is 0.847. The van der Waals surface area contributed by atoms with Crippen molar-refractivity contribution < 1.29 is 19.5 Å². The zero-order valence-corrected chi connectivity index (χ0v) is 16.2. The summed E-state index contributed by atoms with van der Waals surface area (Å²) in [5.41, 5.74) is 0.372. The first kappa shape index (κ1) is 19.9. The van der Waals surface area contributed by atoms with Crippen molar-refractivity contribution in [2.75, 3.05) is 19.6 Å². The zero-order valence-electron chi connectivity index (χ0n) is 13.8. The highest BCUT2D eigenvalue weighted by molar-refractivity contribution is 9.11. The van der Waals surface area contributed by atoms with E-state index in [-0.39, 0.29) is 30.0 Å². The highest BCUT2D eigenvalue weighted by Crippen LogP contribution is 2.21. The smallest absolute Gasteiger partial charge is 0.261 e. The van der Waals surface area contributed by atoms with E-state index in [0.717, 1.165) is 3.79 Å². The summed E-state index contributed by atoms with van der Waals surface area (Å²) >= 11 is 4.57. The minimum absolute atomic E-state index is 0.0295. The van der Waals surface area contributed by atoms with Gasteiger partial charge in [-0.15, -0.1) is 11.3 Å². The van der Waals surface area contributed by atoms with Crippen LogP contribution >= 0.6 is 27.3 Å². The molecule has 9 heteroatoms. The average Bonchev–Trinajstić information content (AvgIpc) is 3.05. The van der Waals surface area contributed by atoms with Gasteiger partial charge in [0.2, 0.25) is 5.91 Å². The number of thiophene rings is 1. The van der Waals surface area contributed by atoms with Gasteiger partial charge in [-0.25, -0.2) is 0 Å². The predicted octanol–water partition coefficient (Wildman–Crippen LogP) is 1.88. The van der Waals surface area contributed by atoms with Gasteiger partial charge >= 0.3 is 0 Å². The summed E-state index contributed by atoms with van der Waals surface area (Å²) in [5.74, 6) is -0.856. The summed E-state index contributed by atoms with van der Waals surface area (Å²) in [6.45, 7) is 0.647. The van der Waals surface area contributed by atoms with E-state index < -0.39 is 0 Å². The minimum atomic E-state index is -0.298. The molecule has 3 amide bonds. The fourth-order valence-electron chi connectivity index (χ4n) is 2.01. The van der Waals surface area contributed by atoms with Gasteiger partial charge < -0.3 is 21.1 Å². The van der Waals surface area contributed by atoms with Gasteiger partial charge in [-0.1, -0.05) is 6.07 Å². The van der Waals surface area contributed by atoms with Crippen LogP contribution in [0.1, 0.15) is 26.5 Å². The number of halogens is 1. The number of phenols is 1. The molecule has 1 aromatic carbocycles. The number of aromatic hydroxyl groups is 1. The number of amides is 3. The number of phenolic OH excluding ortho intramolecular Hbond substituents is 1. The molecule has 0 aliphatic heterocycles. The van der Waals surface area contributed by atoms with E-state index in [4.69, 9.17) is 0 Å². The van der Waals surface area contributed by atoms with Gasteiger partial charge in [-0.05, 0) is 52.7 Å².